The first-order chi connectivity index (χ1) is 12.1. The van der Waals surface area contributed by atoms with Crippen molar-refractivity contribution in [2.75, 3.05) is 26.1 Å². The number of aliphatic hydroxyl groups is 1. The lowest BCUT2D eigenvalue weighted by atomic mass is 10.1. The summed E-state index contributed by atoms with van der Waals surface area (Å²) in [5.41, 5.74) is 1.42. The summed E-state index contributed by atoms with van der Waals surface area (Å²) in [4.78, 5) is 8.91. The fourth-order valence-electron chi connectivity index (χ4n) is 2.64. The highest BCUT2D eigenvalue weighted by Gasteiger charge is 2.15. The summed E-state index contributed by atoms with van der Waals surface area (Å²) in [7, 11) is 4.99. The number of fused-ring (bicyclic) bond motifs is 1. The summed E-state index contributed by atoms with van der Waals surface area (Å²) in [5, 5.41) is 18.7. The highest BCUT2D eigenvalue weighted by Crippen LogP contribution is 2.26. The molecule has 0 radical (unpaired) electrons. The second-order valence-corrected chi connectivity index (χ2v) is 5.57. The van der Waals surface area contributed by atoms with Crippen LogP contribution in [-0.2, 0) is 18.4 Å². The monoisotopic (exact) mass is 343 g/mol. The molecule has 1 unspecified atom stereocenters. The molecule has 25 heavy (non-hydrogen) atoms. The Balaban J connectivity index is 1.85. The Kier molecular flexibility index (Phi) is 5.11. The number of hydrogen-bond acceptors (Lipinski definition) is 7. The summed E-state index contributed by atoms with van der Waals surface area (Å²) < 4.78 is 12.1. The van der Waals surface area contributed by atoms with E-state index in [0.717, 1.165) is 5.39 Å². The molecule has 0 bridgehead atoms. The molecule has 8 nitrogen and oxygen atoms in total. The Morgan fingerprint density at radius 2 is 2.04 bits per heavy atom. The zero-order valence-corrected chi connectivity index (χ0v) is 14.4. The topological polar surface area (TPSA) is 94.3 Å². The van der Waals surface area contributed by atoms with Gasteiger partial charge in [0.1, 0.15) is 18.2 Å². The van der Waals surface area contributed by atoms with Gasteiger partial charge in [0, 0.05) is 26.3 Å². The highest BCUT2D eigenvalue weighted by atomic mass is 16.5. The molecule has 3 aromatic rings. The van der Waals surface area contributed by atoms with Gasteiger partial charge in [-0.15, -0.1) is 0 Å². The minimum Gasteiger partial charge on any atom is -0.496 e. The zero-order chi connectivity index (χ0) is 17.8. The lowest BCUT2D eigenvalue weighted by molar-refractivity contribution is 0.178. The van der Waals surface area contributed by atoms with E-state index in [-0.39, 0.29) is 6.54 Å². The van der Waals surface area contributed by atoms with Crippen LogP contribution in [0, 0.1) is 0 Å². The van der Waals surface area contributed by atoms with Crippen LogP contribution in [0.25, 0.3) is 11.0 Å². The molecule has 0 amide bonds. The van der Waals surface area contributed by atoms with Crippen molar-refractivity contribution in [1.29, 1.82) is 0 Å². The molecule has 0 saturated heterocycles. The van der Waals surface area contributed by atoms with Crippen molar-refractivity contribution in [3.63, 3.8) is 0 Å². The molecule has 0 saturated carbocycles. The van der Waals surface area contributed by atoms with Gasteiger partial charge in [0.25, 0.3) is 0 Å². The van der Waals surface area contributed by atoms with Crippen LogP contribution in [-0.4, -0.2) is 45.6 Å². The first-order valence-electron chi connectivity index (χ1n) is 7.86. The standard InChI is InChI=1S/C17H21N5O3/c1-22-17-12(8-19-22)16(20-15(21-17)10-24-2)18-9-13(23)11-6-4-5-7-14(11)25-3/h4-8,13,23H,9-10H2,1-3H3,(H,18,20,21). The van der Waals surface area contributed by atoms with E-state index in [9.17, 15) is 5.11 Å². The number of aryl methyl sites for hydroxylation is 1. The highest BCUT2D eigenvalue weighted by molar-refractivity contribution is 5.86. The van der Waals surface area contributed by atoms with E-state index < -0.39 is 6.10 Å². The first-order valence-corrected chi connectivity index (χ1v) is 7.86. The molecule has 0 aliphatic rings. The fourth-order valence-corrected chi connectivity index (χ4v) is 2.64. The Morgan fingerprint density at radius 1 is 1.24 bits per heavy atom. The van der Waals surface area contributed by atoms with E-state index in [1.165, 1.54) is 0 Å². The summed E-state index contributed by atoms with van der Waals surface area (Å²) >= 11 is 0. The van der Waals surface area contributed by atoms with Crippen molar-refractivity contribution in [2.45, 2.75) is 12.7 Å². The van der Waals surface area contributed by atoms with Gasteiger partial charge in [0.2, 0.25) is 0 Å². The van der Waals surface area contributed by atoms with Gasteiger partial charge in [0.15, 0.2) is 11.5 Å². The zero-order valence-electron chi connectivity index (χ0n) is 14.4. The smallest absolute Gasteiger partial charge is 0.163 e. The quantitative estimate of drug-likeness (QED) is 0.674. The Labute approximate surface area is 145 Å². The van der Waals surface area contributed by atoms with Crippen LogP contribution >= 0.6 is 0 Å². The van der Waals surface area contributed by atoms with E-state index in [1.807, 2.05) is 31.3 Å². The fraction of sp³-hybridized carbons (Fsp3) is 0.353. The van der Waals surface area contributed by atoms with Crippen molar-refractivity contribution in [3.05, 3.63) is 41.9 Å². The lowest BCUT2D eigenvalue weighted by Crippen LogP contribution is -2.15. The SMILES string of the molecule is COCc1nc(NCC(O)c2ccccc2OC)c2cnn(C)c2n1. The molecule has 0 aliphatic heterocycles. The molecule has 0 fully saturated rings. The first kappa shape index (κ1) is 17.1. The summed E-state index contributed by atoms with van der Waals surface area (Å²) in [6.45, 7) is 0.568. The largest absolute Gasteiger partial charge is 0.496 e. The predicted molar refractivity (Wildman–Crippen MR) is 93.5 cm³/mol. The average molecular weight is 343 g/mol. The number of aliphatic hydroxyl groups excluding tert-OH is 1. The molecule has 1 atom stereocenters. The molecule has 0 aliphatic carbocycles. The van der Waals surface area contributed by atoms with Gasteiger partial charge in [-0.3, -0.25) is 4.68 Å². The normalized spacial score (nSPS) is 12.3. The number of anilines is 1. The van der Waals surface area contributed by atoms with Gasteiger partial charge in [-0.2, -0.15) is 5.10 Å². The number of methoxy groups -OCH3 is 2. The summed E-state index contributed by atoms with van der Waals surface area (Å²) in [5.74, 6) is 1.80. The van der Waals surface area contributed by atoms with Crippen molar-refractivity contribution in [1.82, 2.24) is 19.7 Å². The van der Waals surface area contributed by atoms with E-state index in [0.29, 0.717) is 35.2 Å². The molecule has 2 N–H and O–H groups in total. The molecule has 8 heteroatoms. The maximum atomic E-state index is 10.5. The third-order valence-electron chi connectivity index (χ3n) is 3.87. The maximum Gasteiger partial charge on any atom is 0.163 e. The van der Waals surface area contributed by atoms with Gasteiger partial charge in [-0.25, -0.2) is 9.97 Å². The van der Waals surface area contributed by atoms with E-state index in [1.54, 1.807) is 25.1 Å². The number of nitrogens with zero attached hydrogens (tertiary/aromatic N) is 4. The van der Waals surface area contributed by atoms with E-state index in [2.05, 4.69) is 20.4 Å². The molecular weight excluding hydrogens is 322 g/mol. The number of benzene rings is 1. The maximum absolute atomic E-state index is 10.5. The van der Waals surface area contributed by atoms with Crippen LogP contribution in [0.5, 0.6) is 5.75 Å². The number of nitrogens with one attached hydrogen (secondary N) is 1. The lowest BCUT2D eigenvalue weighted by Gasteiger charge is -2.16. The van der Waals surface area contributed by atoms with Crippen molar-refractivity contribution < 1.29 is 14.6 Å². The van der Waals surface area contributed by atoms with Crippen molar-refractivity contribution >= 4 is 16.9 Å². The van der Waals surface area contributed by atoms with Crippen LogP contribution in [0.15, 0.2) is 30.5 Å². The minimum atomic E-state index is -0.747. The third kappa shape index (κ3) is 3.54. The molecule has 132 valence electrons. The van der Waals surface area contributed by atoms with E-state index in [4.69, 9.17) is 9.47 Å². The van der Waals surface area contributed by atoms with Gasteiger partial charge in [-0.05, 0) is 6.07 Å². The van der Waals surface area contributed by atoms with Gasteiger partial charge in [0.05, 0.1) is 24.8 Å². The number of aromatic nitrogens is 4. The average Bonchev–Trinajstić information content (AvgIpc) is 3.01. The number of rotatable bonds is 7. The molecule has 2 aromatic heterocycles. The Bertz CT molecular complexity index is 865. The van der Waals surface area contributed by atoms with Crippen molar-refractivity contribution in [2.24, 2.45) is 7.05 Å². The van der Waals surface area contributed by atoms with Crippen molar-refractivity contribution in [3.8, 4) is 5.75 Å². The van der Waals surface area contributed by atoms with Gasteiger partial charge >= 0.3 is 0 Å². The second kappa shape index (κ2) is 7.45. The van der Waals surface area contributed by atoms with Gasteiger partial charge < -0.3 is 19.9 Å². The third-order valence-corrected chi connectivity index (χ3v) is 3.87. The van der Waals surface area contributed by atoms with Gasteiger partial charge in [-0.1, -0.05) is 18.2 Å². The molecule has 0 spiro atoms. The summed E-state index contributed by atoms with van der Waals surface area (Å²) in [6.07, 6.45) is 0.952. The Morgan fingerprint density at radius 3 is 2.80 bits per heavy atom. The minimum absolute atomic E-state index is 0.272. The molecular formula is C17H21N5O3. The molecule has 1 aromatic carbocycles. The van der Waals surface area contributed by atoms with Crippen LogP contribution in [0.4, 0.5) is 5.82 Å². The van der Waals surface area contributed by atoms with E-state index >= 15 is 0 Å². The van der Waals surface area contributed by atoms with Crippen LogP contribution in [0.2, 0.25) is 0 Å². The van der Waals surface area contributed by atoms with Crippen LogP contribution in [0.3, 0.4) is 0 Å². The number of hydrogen-bond donors (Lipinski definition) is 2. The van der Waals surface area contributed by atoms with Crippen LogP contribution in [0.1, 0.15) is 17.5 Å². The predicted octanol–water partition coefficient (Wildman–Crippen LogP) is 1.66. The summed E-state index contributed by atoms with van der Waals surface area (Å²) in [6, 6.07) is 7.38. The number of ether oxygens (including phenoxy) is 2. The second-order valence-electron chi connectivity index (χ2n) is 5.57. The molecule has 2 heterocycles. The Hall–Kier alpha value is -2.71. The number of para-hydroxylation sites is 1. The van der Waals surface area contributed by atoms with Crippen LogP contribution < -0.4 is 10.1 Å². The molecule has 3 rings (SSSR count).